The summed E-state index contributed by atoms with van der Waals surface area (Å²) in [6, 6.07) is 6.01. The number of rotatable bonds is 4. The number of hydrogen-bond acceptors (Lipinski definition) is 4. The average molecular weight is 434 g/mol. The second-order valence-corrected chi connectivity index (χ2v) is 10.4. The molecule has 2 aliphatic carbocycles. The van der Waals surface area contributed by atoms with E-state index in [9.17, 15) is 4.79 Å². The number of imidazole rings is 1. The number of H-pyrrole nitrogens is 2. The molecule has 1 saturated carbocycles. The number of aromatic nitrogens is 4. The lowest BCUT2D eigenvalue weighted by molar-refractivity contribution is -0.124. The van der Waals surface area contributed by atoms with Crippen LogP contribution in [0.15, 0.2) is 18.2 Å². The van der Waals surface area contributed by atoms with Crippen LogP contribution < -0.4 is 4.90 Å². The van der Waals surface area contributed by atoms with Crippen LogP contribution in [0.25, 0.3) is 22.6 Å². The number of amides is 1. The predicted molar refractivity (Wildman–Crippen MR) is 123 cm³/mol. The summed E-state index contributed by atoms with van der Waals surface area (Å²) in [5, 5.41) is 7.88. The Hall–Kier alpha value is -2.67. The van der Waals surface area contributed by atoms with Crippen molar-refractivity contribution >= 4 is 22.6 Å². The molecular weight excluding hydrogens is 402 g/mol. The second kappa shape index (κ2) is 7.17. The van der Waals surface area contributed by atoms with Crippen LogP contribution in [0.1, 0.15) is 44.4 Å². The van der Waals surface area contributed by atoms with E-state index in [0.717, 1.165) is 73.1 Å². The van der Waals surface area contributed by atoms with Gasteiger partial charge in [0, 0.05) is 43.1 Å². The van der Waals surface area contributed by atoms with Gasteiger partial charge in [0.05, 0.1) is 11.0 Å². The summed E-state index contributed by atoms with van der Waals surface area (Å²) in [6.07, 6.45) is 5.39. The molecule has 2 aromatic heterocycles. The van der Waals surface area contributed by atoms with Gasteiger partial charge in [-0.3, -0.25) is 9.89 Å². The zero-order valence-corrected chi connectivity index (χ0v) is 19.1. The Morgan fingerprint density at radius 1 is 1.31 bits per heavy atom. The number of nitrogens with one attached hydrogen (secondary N) is 2. The summed E-state index contributed by atoms with van der Waals surface area (Å²) in [6.45, 7) is 5.94. The zero-order valence-electron chi connectivity index (χ0n) is 19.1. The molecule has 3 atom stereocenters. The topological polar surface area (TPSA) is 86.9 Å². The van der Waals surface area contributed by atoms with Crippen molar-refractivity contribution in [3.63, 3.8) is 0 Å². The van der Waals surface area contributed by atoms with Gasteiger partial charge in [0.25, 0.3) is 0 Å². The molecule has 0 spiro atoms. The van der Waals surface area contributed by atoms with Gasteiger partial charge in [-0.1, -0.05) is 13.8 Å². The van der Waals surface area contributed by atoms with Gasteiger partial charge in [-0.05, 0) is 67.6 Å². The van der Waals surface area contributed by atoms with Crippen molar-refractivity contribution in [2.75, 3.05) is 25.2 Å². The third kappa shape index (κ3) is 3.17. The molecule has 168 valence electrons. The van der Waals surface area contributed by atoms with Gasteiger partial charge in [-0.2, -0.15) is 5.10 Å². The number of aromatic amines is 2. The first-order valence-electron chi connectivity index (χ1n) is 11.8. The Labute approximate surface area is 187 Å². The maximum Gasteiger partial charge on any atom is 0.229 e. The van der Waals surface area contributed by atoms with Gasteiger partial charge >= 0.3 is 0 Å². The van der Waals surface area contributed by atoms with Crippen molar-refractivity contribution in [1.29, 1.82) is 0 Å². The van der Waals surface area contributed by atoms with E-state index in [2.05, 4.69) is 22.1 Å². The van der Waals surface area contributed by atoms with Crippen LogP contribution in [0.3, 0.4) is 0 Å². The van der Waals surface area contributed by atoms with E-state index >= 15 is 0 Å². The summed E-state index contributed by atoms with van der Waals surface area (Å²) in [4.78, 5) is 23.2. The first-order chi connectivity index (χ1) is 15.4. The van der Waals surface area contributed by atoms with Gasteiger partial charge in [0.2, 0.25) is 5.91 Å². The van der Waals surface area contributed by atoms with Gasteiger partial charge in [-0.15, -0.1) is 0 Å². The Kier molecular flexibility index (Phi) is 4.47. The fourth-order valence-corrected chi connectivity index (χ4v) is 5.82. The molecule has 3 aromatic rings. The zero-order chi connectivity index (χ0) is 22.0. The molecule has 6 rings (SSSR count). The maximum atomic E-state index is 13.1. The molecule has 7 heteroatoms. The predicted octanol–water partition coefficient (Wildman–Crippen LogP) is 4.10. The number of fused-ring (bicyclic) bond motifs is 3. The van der Waals surface area contributed by atoms with E-state index in [1.54, 1.807) is 4.90 Å². The lowest BCUT2D eigenvalue weighted by atomic mass is 9.86. The summed E-state index contributed by atoms with van der Waals surface area (Å²) < 4.78 is 5.46. The molecule has 0 bridgehead atoms. The van der Waals surface area contributed by atoms with Crippen LogP contribution in [0.5, 0.6) is 0 Å². The van der Waals surface area contributed by atoms with Crippen LogP contribution in [0, 0.1) is 23.2 Å². The molecule has 0 radical (unpaired) electrons. The van der Waals surface area contributed by atoms with Crippen molar-refractivity contribution in [3.05, 3.63) is 29.5 Å². The van der Waals surface area contributed by atoms with Gasteiger partial charge in [-0.25, -0.2) is 4.98 Å². The minimum absolute atomic E-state index is 0.0157. The van der Waals surface area contributed by atoms with E-state index < -0.39 is 0 Å². The summed E-state index contributed by atoms with van der Waals surface area (Å²) in [7, 11) is 1.86. The van der Waals surface area contributed by atoms with Crippen molar-refractivity contribution in [1.82, 2.24) is 20.2 Å². The number of benzene rings is 1. The van der Waals surface area contributed by atoms with Crippen LogP contribution in [0.4, 0.5) is 5.69 Å². The molecule has 1 amide bonds. The molecular formula is C25H31N5O2. The summed E-state index contributed by atoms with van der Waals surface area (Å²) >= 11 is 0. The van der Waals surface area contributed by atoms with Crippen LogP contribution in [-0.4, -0.2) is 46.3 Å². The highest BCUT2D eigenvalue weighted by Crippen LogP contribution is 2.59. The number of carbonyl (C=O) groups excluding carboxylic acids is 1. The highest BCUT2D eigenvalue weighted by Gasteiger charge is 2.53. The molecule has 0 unspecified atom stereocenters. The SMILES string of the molecule is C[C@@H](C(=O)N(C)c1ccc2[nH]c(-c3n[nH]c4c3C[C@@H]3C[C@]3(C)C4)nc2c1)C1CCOCC1. The van der Waals surface area contributed by atoms with Crippen molar-refractivity contribution in [2.24, 2.45) is 23.2 Å². The monoisotopic (exact) mass is 433 g/mol. The van der Waals surface area contributed by atoms with Gasteiger partial charge < -0.3 is 14.6 Å². The quantitative estimate of drug-likeness (QED) is 0.648. The molecule has 1 aromatic carbocycles. The molecule has 2 N–H and O–H groups in total. The first kappa shape index (κ1) is 20.0. The fourth-order valence-electron chi connectivity index (χ4n) is 5.82. The van der Waals surface area contributed by atoms with E-state index in [4.69, 9.17) is 9.72 Å². The van der Waals surface area contributed by atoms with Crippen LogP contribution in [0.2, 0.25) is 0 Å². The smallest absolute Gasteiger partial charge is 0.229 e. The van der Waals surface area contributed by atoms with E-state index in [1.807, 2.05) is 32.2 Å². The minimum Gasteiger partial charge on any atom is -0.381 e. The third-order valence-electron chi connectivity index (χ3n) is 8.29. The number of hydrogen-bond donors (Lipinski definition) is 2. The molecule has 3 aliphatic rings. The number of nitrogens with zero attached hydrogens (tertiary/aromatic N) is 3. The lowest BCUT2D eigenvalue weighted by Gasteiger charge is -2.30. The van der Waals surface area contributed by atoms with Crippen molar-refractivity contribution in [3.8, 4) is 11.5 Å². The number of carbonyl (C=O) groups is 1. The molecule has 1 saturated heterocycles. The van der Waals surface area contributed by atoms with Crippen molar-refractivity contribution in [2.45, 2.75) is 46.0 Å². The highest BCUT2D eigenvalue weighted by atomic mass is 16.5. The molecule has 1 aliphatic heterocycles. The Morgan fingerprint density at radius 2 is 2.12 bits per heavy atom. The third-order valence-corrected chi connectivity index (χ3v) is 8.29. The van der Waals surface area contributed by atoms with Crippen molar-refractivity contribution < 1.29 is 9.53 Å². The van der Waals surface area contributed by atoms with E-state index in [-0.39, 0.29) is 11.8 Å². The minimum atomic E-state index is -0.0157. The first-order valence-corrected chi connectivity index (χ1v) is 11.8. The van der Waals surface area contributed by atoms with Crippen LogP contribution in [-0.2, 0) is 22.4 Å². The summed E-state index contributed by atoms with van der Waals surface area (Å²) in [5.41, 5.74) is 6.71. The lowest BCUT2D eigenvalue weighted by Crippen LogP contribution is -2.37. The van der Waals surface area contributed by atoms with Gasteiger partial charge in [0.15, 0.2) is 5.82 Å². The Bertz CT molecular complexity index is 1190. The van der Waals surface area contributed by atoms with Gasteiger partial charge in [0.1, 0.15) is 5.69 Å². The largest absolute Gasteiger partial charge is 0.381 e. The summed E-state index contributed by atoms with van der Waals surface area (Å²) in [5.74, 6) is 2.11. The normalized spacial score (nSPS) is 25.9. The highest BCUT2D eigenvalue weighted by molar-refractivity contribution is 5.96. The van der Waals surface area contributed by atoms with Crippen LogP contribution >= 0.6 is 0 Å². The Balaban J connectivity index is 1.25. The Morgan fingerprint density at radius 3 is 2.94 bits per heavy atom. The number of ether oxygens (including phenoxy) is 1. The second-order valence-electron chi connectivity index (χ2n) is 10.4. The molecule has 32 heavy (non-hydrogen) atoms. The standard InChI is InChI=1S/C25H31N5O2/c1-14(15-6-8-32-9-7-15)24(31)30(3)17-4-5-19-20(11-17)27-23(26-19)22-18-10-16-12-25(16,2)13-21(18)28-29-22/h4-5,11,14-16H,6-10,12-13H2,1-3H3,(H,26,27)(H,28,29)/t14-,16-,25-/m1/s1. The molecule has 7 nitrogen and oxygen atoms in total. The number of anilines is 1. The maximum absolute atomic E-state index is 13.1. The fraction of sp³-hybridized carbons (Fsp3) is 0.560. The molecule has 3 heterocycles. The van der Waals surface area contributed by atoms with E-state index in [1.165, 1.54) is 17.7 Å². The average Bonchev–Trinajstić information content (AvgIpc) is 3.11. The van der Waals surface area contributed by atoms with E-state index in [0.29, 0.717) is 11.3 Å². The molecule has 2 fully saturated rings.